The quantitative estimate of drug-likeness (QED) is 0.0242. The Balaban J connectivity index is 4.14. The number of phosphoric acid groups is 1. The van der Waals surface area contributed by atoms with Crippen molar-refractivity contribution in [3.8, 4) is 0 Å². The van der Waals surface area contributed by atoms with E-state index in [2.05, 4.69) is 67.0 Å². The molecule has 0 radical (unpaired) electrons. The van der Waals surface area contributed by atoms with Gasteiger partial charge >= 0.3 is 19.8 Å². The number of carbonyl (C=O) groups excluding carboxylic acids is 2. The van der Waals surface area contributed by atoms with Gasteiger partial charge in [-0.1, -0.05) is 131 Å². The Kier molecular flexibility index (Phi) is 32.1. The third-order valence-corrected chi connectivity index (χ3v) is 7.48. The van der Waals surface area contributed by atoms with E-state index in [0.29, 0.717) is 12.8 Å². The van der Waals surface area contributed by atoms with E-state index in [4.69, 9.17) is 19.3 Å². The van der Waals surface area contributed by atoms with Crippen LogP contribution in [-0.2, 0) is 28.2 Å². The molecule has 0 aromatic heterocycles. The summed E-state index contributed by atoms with van der Waals surface area (Å²) in [4.78, 5) is 42.6. The molecule has 2 N–H and O–H groups in total. The molecule has 48 heavy (non-hydrogen) atoms. The summed E-state index contributed by atoms with van der Waals surface area (Å²) in [5.41, 5.74) is 0. The van der Waals surface area contributed by atoms with Crippen molar-refractivity contribution in [1.82, 2.24) is 0 Å². The smallest absolute Gasteiger partial charge is 0.462 e. The Labute approximate surface area is 291 Å². The summed E-state index contributed by atoms with van der Waals surface area (Å²) in [6, 6.07) is 0. The lowest BCUT2D eigenvalue weighted by molar-refractivity contribution is -0.161. The van der Waals surface area contributed by atoms with E-state index >= 15 is 0 Å². The van der Waals surface area contributed by atoms with Crippen molar-refractivity contribution in [1.29, 1.82) is 0 Å². The van der Waals surface area contributed by atoms with Gasteiger partial charge in [0.25, 0.3) is 0 Å². The van der Waals surface area contributed by atoms with E-state index in [9.17, 15) is 14.2 Å². The van der Waals surface area contributed by atoms with Crippen LogP contribution in [0.25, 0.3) is 0 Å². The van der Waals surface area contributed by atoms with Crippen LogP contribution in [0, 0.1) is 0 Å². The molecule has 8 nitrogen and oxygen atoms in total. The zero-order chi connectivity index (χ0) is 35.4. The van der Waals surface area contributed by atoms with Gasteiger partial charge in [-0.3, -0.25) is 14.1 Å². The second kappa shape index (κ2) is 34.1. The van der Waals surface area contributed by atoms with Gasteiger partial charge in [0.05, 0.1) is 6.61 Å². The summed E-state index contributed by atoms with van der Waals surface area (Å²) in [7, 11) is -4.77. The van der Waals surface area contributed by atoms with Crippen LogP contribution in [0.3, 0.4) is 0 Å². The van der Waals surface area contributed by atoms with Gasteiger partial charge in [0.2, 0.25) is 0 Å². The molecule has 0 heterocycles. The molecule has 0 aliphatic rings. The number of esters is 2. The number of hydrogen-bond donors (Lipinski definition) is 2. The van der Waals surface area contributed by atoms with Gasteiger partial charge in [0, 0.05) is 12.8 Å². The summed E-state index contributed by atoms with van der Waals surface area (Å²) in [5, 5.41) is 0. The van der Waals surface area contributed by atoms with Crippen molar-refractivity contribution >= 4 is 19.8 Å². The molecular formula is C39H63O8P. The molecule has 0 saturated carbocycles. The van der Waals surface area contributed by atoms with Crippen molar-refractivity contribution in [3.05, 3.63) is 85.1 Å². The normalized spacial score (nSPS) is 13.5. The summed E-state index contributed by atoms with van der Waals surface area (Å²) >= 11 is 0. The lowest BCUT2D eigenvalue weighted by Gasteiger charge is -2.18. The first-order valence-electron chi connectivity index (χ1n) is 17.9. The highest BCUT2D eigenvalue weighted by Gasteiger charge is 2.22. The van der Waals surface area contributed by atoms with Crippen LogP contribution in [0.4, 0.5) is 0 Å². The molecule has 0 aromatic rings. The first-order chi connectivity index (χ1) is 23.3. The maximum atomic E-state index is 12.3. The molecular weight excluding hydrogens is 627 g/mol. The molecule has 0 unspecified atom stereocenters. The topological polar surface area (TPSA) is 119 Å². The molecule has 0 aromatic carbocycles. The minimum atomic E-state index is -4.77. The number of hydrogen-bond acceptors (Lipinski definition) is 6. The highest BCUT2D eigenvalue weighted by molar-refractivity contribution is 7.46. The molecule has 0 amide bonds. The maximum Gasteiger partial charge on any atom is 0.469 e. The molecule has 272 valence electrons. The second-order valence-corrected chi connectivity index (χ2v) is 12.8. The fraction of sp³-hybridized carbons (Fsp3) is 0.590. The van der Waals surface area contributed by atoms with Crippen LogP contribution in [-0.4, -0.2) is 41.0 Å². The van der Waals surface area contributed by atoms with Crippen molar-refractivity contribution in [2.24, 2.45) is 0 Å². The average Bonchev–Trinajstić information content (AvgIpc) is 3.05. The Bertz CT molecular complexity index is 1050. The third-order valence-electron chi connectivity index (χ3n) is 6.99. The lowest BCUT2D eigenvalue weighted by Crippen LogP contribution is -2.29. The van der Waals surface area contributed by atoms with Gasteiger partial charge in [-0.2, -0.15) is 0 Å². The largest absolute Gasteiger partial charge is 0.469 e. The Morgan fingerprint density at radius 1 is 0.583 bits per heavy atom. The monoisotopic (exact) mass is 690 g/mol. The van der Waals surface area contributed by atoms with Crippen molar-refractivity contribution < 1.29 is 37.9 Å². The van der Waals surface area contributed by atoms with E-state index in [1.165, 1.54) is 19.3 Å². The summed E-state index contributed by atoms with van der Waals surface area (Å²) in [6.07, 6.45) is 44.4. The van der Waals surface area contributed by atoms with Crippen LogP contribution in [0.5, 0.6) is 0 Å². The Morgan fingerprint density at radius 3 is 1.73 bits per heavy atom. The van der Waals surface area contributed by atoms with Gasteiger partial charge in [-0.25, -0.2) is 4.57 Å². The summed E-state index contributed by atoms with van der Waals surface area (Å²) in [6.45, 7) is 3.43. The van der Waals surface area contributed by atoms with E-state index in [1.807, 2.05) is 36.5 Å². The van der Waals surface area contributed by atoms with Gasteiger partial charge in [0.15, 0.2) is 6.10 Å². The Morgan fingerprint density at radius 2 is 1.08 bits per heavy atom. The predicted octanol–water partition coefficient (Wildman–Crippen LogP) is 10.5. The van der Waals surface area contributed by atoms with Crippen LogP contribution in [0.1, 0.15) is 129 Å². The van der Waals surface area contributed by atoms with Crippen LogP contribution in [0.15, 0.2) is 85.1 Å². The zero-order valence-corrected chi connectivity index (χ0v) is 30.5. The third kappa shape index (κ3) is 36.1. The maximum absolute atomic E-state index is 12.3. The predicted molar refractivity (Wildman–Crippen MR) is 197 cm³/mol. The first-order valence-corrected chi connectivity index (χ1v) is 19.5. The van der Waals surface area contributed by atoms with Crippen LogP contribution in [0.2, 0.25) is 0 Å². The minimum Gasteiger partial charge on any atom is -0.462 e. The number of rotatable bonds is 31. The number of carbonyl (C=O) groups is 2. The van der Waals surface area contributed by atoms with E-state index in [-0.39, 0.29) is 19.4 Å². The van der Waals surface area contributed by atoms with Gasteiger partial charge < -0.3 is 19.3 Å². The van der Waals surface area contributed by atoms with Gasteiger partial charge in [0.1, 0.15) is 6.61 Å². The van der Waals surface area contributed by atoms with Crippen molar-refractivity contribution in [2.75, 3.05) is 13.2 Å². The average molecular weight is 691 g/mol. The van der Waals surface area contributed by atoms with Crippen LogP contribution < -0.4 is 0 Å². The molecule has 1 atom stereocenters. The summed E-state index contributed by atoms with van der Waals surface area (Å²) in [5.74, 6) is -0.968. The van der Waals surface area contributed by atoms with Crippen LogP contribution >= 0.6 is 7.82 Å². The SMILES string of the molecule is CC/C=C/C=C/C=C/C=C/CCCCCCCC(=O)O[C@H](COC(=O)CCCC/C=C/C/C=C/C/C=C/CCCCC)COP(=O)(O)O. The zero-order valence-electron chi connectivity index (χ0n) is 29.6. The van der Waals surface area contributed by atoms with E-state index in [0.717, 1.165) is 70.6 Å². The fourth-order valence-electron chi connectivity index (χ4n) is 4.33. The van der Waals surface area contributed by atoms with Crippen molar-refractivity contribution in [3.63, 3.8) is 0 Å². The second-order valence-electron chi connectivity index (χ2n) is 11.5. The molecule has 0 fully saturated rings. The highest BCUT2D eigenvalue weighted by atomic mass is 31.2. The molecule has 0 spiro atoms. The van der Waals surface area contributed by atoms with Gasteiger partial charge in [-0.05, 0) is 70.6 Å². The van der Waals surface area contributed by atoms with E-state index < -0.39 is 32.5 Å². The van der Waals surface area contributed by atoms with E-state index in [1.54, 1.807) is 0 Å². The standard InChI is InChI=1S/C39H63O8P/c1-3-5-7-9-11-13-15-17-19-21-23-25-27-29-31-33-38(40)45-35-37(36-46-48(42,43)44)47-39(41)34-32-30-28-26-24-22-20-18-16-14-12-10-8-6-4-2/h6,8,10-14,16-20,23,25,37H,3-5,7,9,15,21-22,24,26-36H2,1-2H3,(H2,42,43,44)/b8-6+,12-10+,13-11+,16-14+,19-17+,20-18+,25-23+/t37-/m1/s1. The highest BCUT2D eigenvalue weighted by Crippen LogP contribution is 2.35. The van der Waals surface area contributed by atoms with Crippen molar-refractivity contribution in [2.45, 2.75) is 136 Å². The number of ether oxygens (including phenoxy) is 2. The Hall–Kier alpha value is -2.77. The number of allylic oxidation sites excluding steroid dienone is 14. The first kappa shape index (κ1) is 45.2. The molecule has 0 rings (SSSR count). The van der Waals surface area contributed by atoms with Gasteiger partial charge in [-0.15, -0.1) is 0 Å². The fourth-order valence-corrected chi connectivity index (χ4v) is 4.69. The molecule has 9 heteroatoms. The molecule has 0 aliphatic carbocycles. The number of phosphoric ester groups is 1. The molecule has 0 aliphatic heterocycles. The number of unbranched alkanes of at least 4 members (excludes halogenated alkanes) is 10. The summed E-state index contributed by atoms with van der Waals surface area (Å²) < 4.78 is 26.2. The minimum absolute atomic E-state index is 0.172. The molecule has 0 bridgehead atoms. The molecule has 0 saturated heterocycles. The lowest BCUT2D eigenvalue weighted by atomic mass is 10.1.